The summed E-state index contributed by atoms with van der Waals surface area (Å²) in [7, 11) is 0. The molecule has 0 aliphatic rings. The van der Waals surface area contributed by atoms with Gasteiger partial charge in [0.25, 0.3) is 0 Å². The summed E-state index contributed by atoms with van der Waals surface area (Å²) in [5, 5.41) is 0.889. The highest BCUT2D eigenvalue weighted by Crippen LogP contribution is 2.32. The molecule has 3 nitrogen and oxygen atoms in total. The molecule has 5 heteroatoms. The first-order valence-corrected chi connectivity index (χ1v) is 8.18. The summed E-state index contributed by atoms with van der Waals surface area (Å²) in [4.78, 5) is 13.3. The second-order valence-corrected chi connectivity index (χ2v) is 6.16. The van der Waals surface area contributed by atoms with Gasteiger partial charge in [-0.2, -0.15) is 0 Å². The molecular weight excluding hydrogens is 344 g/mol. The second kappa shape index (κ2) is 7.19. The normalized spacial score (nSPS) is 10.7. The van der Waals surface area contributed by atoms with Crippen molar-refractivity contribution in [1.82, 2.24) is 15.0 Å². The van der Waals surface area contributed by atoms with Gasteiger partial charge in [0.1, 0.15) is 11.6 Å². The van der Waals surface area contributed by atoms with Crippen LogP contribution >= 0.6 is 0 Å². The molecule has 2 aromatic heterocycles. The lowest BCUT2D eigenvalue weighted by atomic mass is 9.96. The molecule has 0 unspecified atom stereocenters. The Morgan fingerprint density at radius 3 is 2.26 bits per heavy atom. The third kappa shape index (κ3) is 3.40. The minimum absolute atomic E-state index is 0. The molecule has 0 N–H and O–H groups in total. The molecule has 0 fully saturated rings. The summed E-state index contributed by atoms with van der Waals surface area (Å²) >= 11 is 0. The number of nitrogens with zero attached hydrogens (tertiary/aromatic N) is 3. The van der Waals surface area contributed by atoms with Gasteiger partial charge < -0.3 is 0 Å². The molecule has 0 aliphatic heterocycles. The topological polar surface area (TPSA) is 38.7 Å². The zero-order chi connectivity index (χ0) is 18.3. The fraction of sp³-hybridized carbons (Fsp3) is 0.136. The van der Waals surface area contributed by atoms with E-state index < -0.39 is 11.6 Å². The summed E-state index contributed by atoms with van der Waals surface area (Å²) in [6.45, 7) is 3.83. The highest BCUT2D eigenvalue weighted by molar-refractivity contribution is 5.91. The smallest absolute Gasteiger partial charge is 0.161 e. The van der Waals surface area contributed by atoms with Gasteiger partial charge in [0.05, 0.1) is 5.52 Å². The molecule has 0 radical (unpaired) electrons. The summed E-state index contributed by atoms with van der Waals surface area (Å²) in [6.07, 6.45) is 3.42. The third-order valence-electron chi connectivity index (χ3n) is 4.40. The number of halogens is 2. The van der Waals surface area contributed by atoms with Crippen molar-refractivity contribution in [3.63, 3.8) is 0 Å². The van der Waals surface area contributed by atoms with Crippen LogP contribution in [0, 0.1) is 25.5 Å². The van der Waals surface area contributed by atoms with E-state index in [4.69, 9.17) is 0 Å². The lowest BCUT2D eigenvalue weighted by molar-refractivity contribution is 0.584. The third-order valence-corrected chi connectivity index (χ3v) is 4.40. The minimum atomic E-state index is -0.598. The van der Waals surface area contributed by atoms with Crippen molar-refractivity contribution in [2.24, 2.45) is 0 Å². The van der Waals surface area contributed by atoms with E-state index in [1.807, 2.05) is 38.1 Å². The zero-order valence-corrected chi connectivity index (χ0v) is 14.3. The van der Waals surface area contributed by atoms with Crippen LogP contribution < -0.4 is 0 Å². The molecule has 0 aliphatic carbocycles. The maximum Gasteiger partial charge on any atom is 0.161 e. The van der Waals surface area contributed by atoms with E-state index in [9.17, 15) is 8.78 Å². The van der Waals surface area contributed by atoms with Crippen LogP contribution in [-0.2, 0) is 0 Å². The van der Waals surface area contributed by atoms with Gasteiger partial charge in [-0.1, -0.05) is 13.5 Å². The lowest BCUT2D eigenvalue weighted by Crippen LogP contribution is -1.98. The molecule has 136 valence electrons. The quantitative estimate of drug-likeness (QED) is 0.446. The monoisotopic (exact) mass is 363 g/mol. The molecule has 2 heterocycles. The number of aromatic nitrogens is 3. The Morgan fingerprint density at radius 1 is 0.852 bits per heavy atom. The van der Waals surface area contributed by atoms with Crippen LogP contribution in [0.4, 0.5) is 8.78 Å². The molecule has 27 heavy (non-hydrogen) atoms. The molecule has 0 saturated heterocycles. The maximum absolute atomic E-state index is 13.6. The van der Waals surface area contributed by atoms with Crippen molar-refractivity contribution >= 4 is 10.9 Å². The maximum atomic E-state index is 13.6. The van der Waals surface area contributed by atoms with Crippen LogP contribution in [0.3, 0.4) is 0 Å². The van der Waals surface area contributed by atoms with Crippen molar-refractivity contribution in [2.45, 2.75) is 21.3 Å². The number of pyridine rings is 1. The van der Waals surface area contributed by atoms with Crippen molar-refractivity contribution in [3.8, 4) is 22.5 Å². The molecule has 0 amide bonds. The Bertz CT molecular complexity index is 1110. The Balaban J connectivity index is 0.00000210. The van der Waals surface area contributed by atoms with E-state index in [1.165, 1.54) is 12.1 Å². The summed E-state index contributed by atoms with van der Waals surface area (Å²) in [6, 6.07) is 11.0. The number of hydrogen-bond acceptors (Lipinski definition) is 3. The van der Waals surface area contributed by atoms with E-state index >= 15 is 0 Å². The predicted octanol–water partition coefficient (Wildman–Crippen LogP) is 5.89. The van der Waals surface area contributed by atoms with E-state index in [0.29, 0.717) is 11.4 Å². The van der Waals surface area contributed by atoms with Crippen LogP contribution in [0.15, 0.2) is 54.9 Å². The minimum Gasteiger partial charge on any atom is -0.264 e. The first kappa shape index (κ1) is 18.6. The second-order valence-electron chi connectivity index (χ2n) is 6.16. The van der Waals surface area contributed by atoms with Crippen molar-refractivity contribution in [3.05, 3.63) is 77.8 Å². The van der Waals surface area contributed by atoms with E-state index in [2.05, 4.69) is 15.0 Å². The largest absolute Gasteiger partial charge is 0.264 e. The Kier molecular flexibility index (Phi) is 4.95. The predicted molar refractivity (Wildman–Crippen MR) is 104 cm³/mol. The van der Waals surface area contributed by atoms with Crippen LogP contribution in [0.2, 0.25) is 0 Å². The van der Waals surface area contributed by atoms with Crippen molar-refractivity contribution in [1.29, 1.82) is 0 Å². The van der Waals surface area contributed by atoms with E-state index in [0.717, 1.165) is 39.4 Å². The molecule has 4 rings (SSSR count). The van der Waals surface area contributed by atoms with Crippen LogP contribution in [-0.4, -0.2) is 15.0 Å². The van der Waals surface area contributed by atoms with Crippen molar-refractivity contribution in [2.75, 3.05) is 0 Å². The first-order valence-electron chi connectivity index (χ1n) is 8.18. The molecule has 4 aromatic rings. The van der Waals surface area contributed by atoms with Gasteiger partial charge >= 0.3 is 0 Å². The van der Waals surface area contributed by atoms with Gasteiger partial charge in [0.15, 0.2) is 5.82 Å². The highest BCUT2D eigenvalue weighted by atomic mass is 19.1. The first-order chi connectivity index (χ1) is 12.5. The van der Waals surface area contributed by atoms with E-state index in [-0.39, 0.29) is 7.43 Å². The van der Waals surface area contributed by atoms with Gasteiger partial charge in [-0.05, 0) is 60.9 Å². The average Bonchev–Trinajstić information content (AvgIpc) is 2.61. The number of aryl methyl sites for hydroxylation is 2. The summed E-state index contributed by atoms with van der Waals surface area (Å²) in [5.41, 5.74) is 4.59. The van der Waals surface area contributed by atoms with Gasteiger partial charge in [-0.25, -0.2) is 18.7 Å². The molecular formula is C22H19F2N3. The van der Waals surface area contributed by atoms with Crippen molar-refractivity contribution < 1.29 is 8.78 Å². The Hall–Kier alpha value is -3.21. The van der Waals surface area contributed by atoms with Gasteiger partial charge in [0, 0.05) is 35.1 Å². The number of fused-ring (bicyclic) bond motifs is 1. The van der Waals surface area contributed by atoms with E-state index in [1.54, 1.807) is 12.4 Å². The summed E-state index contributed by atoms with van der Waals surface area (Å²) in [5.74, 6) is -0.592. The Labute approximate surface area is 156 Å². The number of rotatable bonds is 2. The molecule has 0 atom stereocenters. The molecule has 0 saturated carbocycles. The highest BCUT2D eigenvalue weighted by Gasteiger charge is 2.13. The van der Waals surface area contributed by atoms with Crippen LogP contribution in [0.5, 0.6) is 0 Å². The SMILES string of the molecule is C.Cc1nc(-c2cccnc2)nc2ccc(-c3cc(F)cc(F)c3)c(C)c12. The molecule has 2 aromatic carbocycles. The van der Waals surface area contributed by atoms with Gasteiger partial charge in [-0.3, -0.25) is 4.98 Å². The summed E-state index contributed by atoms with van der Waals surface area (Å²) < 4.78 is 27.2. The fourth-order valence-corrected chi connectivity index (χ4v) is 3.25. The standard InChI is InChI=1S/C21H15F2N3.CH4/c1-12-18(15-8-16(22)10-17(23)9-15)5-6-19-20(12)13(2)25-21(26-19)14-4-3-7-24-11-14;/h3-11H,1-2H3;1H4. The van der Waals surface area contributed by atoms with Crippen LogP contribution in [0.25, 0.3) is 33.4 Å². The number of hydrogen-bond donors (Lipinski definition) is 0. The molecule has 0 spiro atoms. The lowest BCUT2D eigenvalue weighted by Gasteiger charge is -2.13. The zero-order valence-electron chi connectivity index (χ0n) is 14.3. The van der Waals surface area contributed by atoms with Gasteiger partial charge in [-0.15, -0.1) is 0 Å². The Morgan fingerprint density at radius 2 is 1.59 bits per heavy atom. The van der Waals surface area contributed by atoms with Gasteiger partial charge in [0.2, 0.25) is 0 Å². The van der Waals surface area contributed by atoms with Crippen LogP contribution in [0.1, 0.15) is 18.7 Å². The fourth-order valence-electron chi connectivity index (χ4n) is 3.25. The number of benzene rings is 2. The molecule has 0 bridgehead atoms. The average molecular weight is 363 g/mol.